The lowest BCUT2D eigenvalue weighted by molar-refractivity contribution is -0.232. The van der Waals surface area contributed by atoms with Crippen LogP contribution in [0.3, 0.4) is 0 Å². The van der Waals surface area contributed by atoms with Gasteiger partial charge in [0.15, 0.2) is 11.6 Å². The van der Waals surface area contributed by atoms with E-state index >= 15 is 4.39 Å². The average molecular weight is 710 g/mol. The van der Waals surface area contributed by atoms with Gasteiger partial charge in [-0.15, -0.1) is 0 Å². The molecule has 0 aliphatic carbocycles. The van der Waals surface area contributed by atoms with Crippen LogP contribution in [-0.4, -0.2) is 75.6 Å². The summed E-state index contributed by atoms with van der Waals surface area (Å²) >= 11 is 0. The Labute approximate surface area is 290 Å². The minimum absolute atomic E-state index is 0.0147. The molecular weight excluding hydrogens is 674 g/mol. The number of benzene rings is 2. The zero-order valence-corrected chi connectivity index (χ0v) is 28.5. The molecule has 1 aliphatic rings. The predicted molar refractivity (Wildman–Crippen MR) is 178 cm³/mol. The number of carbonyl (C=O) groups is 2. The SMILES string of the molecule is CCc1cccc(CC)c1-n1nc2c(c1-c1cc(F)c(OC)c3c1ccn3C(=O)OOC(=O)CN(C)C)CN(c1ncc(C(F)(F)F)cn1)CC2. The minimum Gasteiger partial charge on any atom is -0.492 e. The number of halogens is 4. The molecule has 3 aromatic heterocycles. The molecule has 12 nitrogen and oxygen atoms in total. The monoisotopic (exact) mass is 709 g/mol. The number of hydrogen-bond donors (Lipinski definition) is 0. The summed E-state index contributed by atoms with van der Waals surface area (Å²) in [5.41, 5.74) is 4.10. The molecule has 5 aromatic rings. The molecule has 2 aromatic carbocycles. The van der Waals surface area contributed by atoms with Crippen LogP contribution in [-0.2, 0) is 46.6 Å². The first-order chi connectivity index (χ1) is 24.4. The molecule has 0 saturated heterocycles. The number of fused-ring (bicyclic) bond motifs is 2. The number of aryl methyl sites for hydroxylation is 2. The molecule has 6 rings (SSSR count). The van der Waals surface area contributed by atoms with Crippen LogP contribution in [0, 0.1) is 5.82 Å². The number of anilines is 1. The number of hydrogen-bond acceptors (Lipinski definition) is 10. The van der Waals surface area contributed by atoms with Gasteiger partial charge < -0.3 is 9.64 Å². The molecule has 268 valence electrons. The van der Waals surface area contributed by atoms with Gasteiger partial charge >= 0.3 is 18.2 Å². The number of rotatable bonds is 8. The highest BCUT2D eigenvalue weighted by molar-refractivity contribution is 6.03. The Bertz CT molecular complexity index is 2090. The van der Waals surface area contributed by atoms with Crippen molar-refractivity contribution in [3.8, 4) is 22.7 Å². The normalized spacial score (nSPS) is 13.1. The maximum atomic E-state index is 16.2. The Morgan fingerprint density at radius 2 is 1.71 bits per heavy atom. The summed E-state index contributed by atoms with van der Waals surface area (Å²) in [5, 5.41) is 5.46. The van der Waals surface area contributed by atoms with Crippen LogP contribution in [0.1, 0.15) is 41.8 Å². The number of para-hydroxylation sites is 1. The van der Waals surface area contributed by atoms with Crippen LogP contribution in [0.4, 0.5) is 28.3 Å². The van der Waals surface area contributed by atoms with Gasteiger partial charge in [0.25, 0.3) is 0 Å². The van der Waals surface area contributed by atoms with E-state index in [0.717, 1.165) is 33.8 Å². The van der Waals surface area contributed by atoms with E-state index in [1.165, 1.54) is 24.3 Å². The van der Waals surface area contributed by atoms with Gasteiger partial charge in [-0.25, -0.2) is 43.0 Å². The first-order valence-corrected chi connectivity index (χ1v) is 16.2. The molecule has 0 saturated carbocycles. The molecule has 0 spiro atoms. The lowest BCUT2D eigenvalue weighted by atomic mass is 9.97. The fraction of sp³-hybridized carbons (Fsp3) is 0.343. The molecule has 51 heavy (non-hydrogen) atoms. The highest BCUT2D eigenvalue weighted by atomic mass is 19.4. The van der Waals surface area contributed by atoms with Gasteiger partial charge in [0.1, 0.15) is 12.1 Å². The molecule has 16 heteroatoms. The van der Waals surface area contributed by atoms with Gasteiger partial charge in [-0.3, -0.25) is 4.90 Å². The zero-order chi connectivity index (χ0) is 36.6. The first-order valence-electron chi connectivity index (χ1n) is 16.2. The Kier molecular flexibility index (Phi) is 9.71. The fourth-order valence-corrected chi connectivity index (χ4v) is 6.31. The third-order valence-electron chi connectivity index (χ3n) is 8.65. The van der Waals surface area contributed by atoms with Gasteiger partial charge in [-0.2, -0.15) is 18.3 Å². The zero-order valence-electron chi connectivity index (χ0n) is 28.5. The lowest BCUT2D eigenvalue weighted by Gasteiger charge is -2.27. The van der Waals surface area contributed by atoms with E-state index in [2.05, 4.69) is 9.97 Å². The van der Waals surface area contributed by atoms with E-state index in [9.17, 15) is 22.8 Å². The number of aromatic nitrogens is 5. The quantitative estimate of drug-likeness (QED) is 0.106. The standard InChI is InChI=1S/C35H35F4N7O5/c1-6-20-9-8-10-21(7-2)29(20)46-30(25-18-44(13-12-27(25)42-46)33-40-16-22(17-41-33)35(37,38)39)24-15-26(36)32(49-5)31-23(24)11-14-45(31)34(48)51-50-28(47)19-43(3)4/h8-11,14-17H,6-7,12-13,18-19H2,1-5H3. The maximum absolute atomic E-state index is 16.2. The molecule has 0 fully saturated rings. The number of nitrogens with zero attached hydrogens (tertiary/aromatic N) is 7. The Hall–Kier alpha value is -5.51. The number of likely N-dealkylation sites (N-methyl/N-ethyl adjacent to an activating group) is 1. The minimum atomic E-state index is -4.59. The number of alkyl halides is 3. The smallest absolute Gasteiger partial charge is 0.461 e. The van der Waals surface area contributed by atoms with Gasteiger partial charge in [0.05, 0.1) is 29.7 Å². The number of carbonyl (C=O) groups excluding carboxylic acids is 2. The van der Waals surface area contributed by atoms with Gasteiger partial charge in [0, 0.05) is 54.6 Å². The Morgan fingerprint density at radius 3 is 2.31 bits per heavy atom. The summed E-state index contributed by atoms with van der Waals surface area (Å²) in [4.78, 5) is 46.1. The number of ether oxygens (including phenoxy) is 1. The summed E-state index contributed by atoms with van der Waals surface area (Å²) in [6, 6.07) is 8.85. The third-order valence-corrected chi connectivity index (χ3v) is 8.65. The molecule has 0 N–H and O–H groups in total. The van der Waals surface area contributed by atoms with Crippen molar-refractivity contribution >= 4 is 28.9 Å². The van der Waals surface area contributed by atoms with Crippen molar-refractivity contribution in [1.29, 1.82) is 0 Å². The highest BCUT2D eigenvalue weighted by Gasteiger charge is 2.34. The van der Waals surface area contributed by atoms with Crippen LogP contribution in [0.15, 0.2) is 48.9 Å². The van der Waals surface area contributed by atoms with E-state index < -0.39 is 29.6 Å². The second kappa shape index (κ2) is 14.0. The molecule has 0 unspecified atom stereocenters. The third kappa shape index (κ3) is 6.70. The first kappa shape index (κ1) is 35.3. The Morgan fingerprint density at radius 1 is 1.02 bits per heavy atom. The van der Waals surface area contributed by atoms with Gasteiger partial charge in [0.2, 0.25) is 5.95 Å². The lowest BCUT2D eigenvalue weighted by Crippen LogP contribution is -2.31. The van der Waals surface area contributed by atoms with Crippen molar-refractivity contribution < 1.29 is 41.7 Å². The van der Waals surface area contributed by atoms with E-state index in [4.69, 9.17) is 19.6 Å². The summed E-state index contributed by atoms with van der Waals surface area (Å²) in [6.07, 6.45) is -1.14. The van der Waals surface area contributed by atoms with E-state index in [-0.39, 0.29) is 30.3 Å². The van der Waals surface area contributed by atoms with E-state index in [1.807, 2.05) is 32.0 Å². The van der Waals surface area contributed by atoms with Crippen molar-refractivity contribution in [3.63, 3.8) is 0 Å². The second-order valence-corrected chi connectivity index (χ2v) is 12.2. The predicted octanol–water partition coefficient (Wildman–Crippen LogP) is 6.14. The van der Waals surface area contributed by atoms with Crippen LogP contribution >= 0.6 is 0 Å². The van der Waals surface area contributed by atoms with E-state index in [0.29, 0.717) is 53.7 Å². The van der Waals surface area contributed by atoms with Crippen molar-refractivity contribution in [1.82, 2.24) is 29.2 Å². The maximum Gasteiger partial charge on any atom is 0.461 e. The van der Waals surface area contributed by atoms with Crippen LogP contribution in [0.2, 0.25) is 0 Å². The molecule has 0 atom stereocenters. The Balaban J connectivity index is 1.54. The number of methoxy groups -OCH3 is 1. The van der Waals surface area contributed by atoms with Crippen LogP contribution in [0.25, 0.3) is 27.8 Å². The molecular formula is C35H35F4N7O5. The summed E-state index contributed by atoms with van der Waals surface area (Å²) < 4.78 is 64.2. The summed E-state index contributed by atoms with van der Waals surface area (Å²) in [6.45, 7) is 4.41. The van der Waals surface area contributed by atoms with Gasteiger partial charge in [-0.05, 0) is 50.2 Å². The van der Waals surface area contributed by atoms with Gasteiger partial charge in [-0.1, -0.05) is 32.0 Å². The highest BCUT2D eigenvalue weighted by Crippen LogP contribution is 2.43. The van der Waals surface area contributed by atoms with Crippen molar-refractivity contribution in [3.05, 3.63) is 82.7 Å². The van der Waals surface area contributed by atoms with Crippen molar-refractivity contribution in [2.24, 2.45) is 0 Å². The molecule has 0 bridgehead atoms. The molecule has 4 heterocycles. The molecule has 0 amide bonds. The van der Waals surface area contributed by atoms with Crippen molar-refractivity contribution in [2.45, 2.75) is 45.8 Å². The molecule has 0 radical (unpaired) electrons. The summed E-state index contributed by atoms with van der Waals surface area (Å²) in [7, 11) is 4.54. The second-order valence-electron chi connectivity index (χ2n) is 12.2. The fourth-order valence-electron chi connectivity index (χ4n) is 6.31. The van der Waals surface area contributed by atoms with Crippen LogP contribution in [0.5, 0.6) is 5.75 Å². The van der Waals surface area contributed by atoms with Crippen molar-refractivity contribution in [2.75, 3.05) is 39.2 Å². The van der Waals surface area contributed by atoms with E-state index in [1.54, 1.807) is 29.7 Å². The molecule has 1 aliphatic heterocycles. The largest absolute Gasteiger partial charge is 0.492 e. The summed E-state index contributed by atoms with van der Waals surface area (Å²) in [5.74, 6) is -1.77. The average Bonchev–Trinajstić information content (AvgIpc) is 3.71. The van der Waals surface area contributed by atoms with Crippen LogP contribution < -0.4 is 9.64 Å². The topological polar surface area (TPSA) is 117 Å².